The van der Waals surface area contributed by atoms with Crippen LogP contribution in [0.2, 0.25) is 0 Å². The summed E-state index contributed by atoms with van der Waals surface area (Å²) >= 11 is 0. The molecule has 0 atom stereocenters. The number of benzene rings is 3. The number of hydrogen-bond donors (Lipinski definition) is 0. The standard InChI is InChI=1S/C29H34F4O2Si/c1-2-3-4-5-6-7-8-15-23-34-36(24-17-11-9-12-18-24,25-19-13-10-14-20-25)35-27-22-16-21-26(28(27)30)29(31,32)33/h9-14,16-22H,2-8,15,23H2,1H3. The predicted molar refractivity (Wildman–Crippen MR) is 138 cm³/mol. The average Bonchev–Trinajstić information content (AvgIpc) is 2.88. The second-order valence-electron chi connectivity index (χ2n) is 8.89. The summed E-state index contributed by atoms with van der Waals surface area (Å²) in [5.41, 5.74) is -1.35. The fourth-order valence-corrected chi connectivity index (χ4v) is 7.33. The van der Waals surface area contributed by atoms with Crippen LogP contribution in [0, 0.1) is 5.82 Å². The highest BCUT2D eigenvalue weighted by molar-refractivity contribution is 6.93. The average molecular weight is 519 g/mol. The minimum absolute atomic E-state index is 0.367. The smallest absolute Gasteiger partial charge is 0.468 e. The van der Waals surface area contributed by atoms with Gasteiger partial charge < -0.3 is 8.85 Å². The van der Waals surface area contributed by atoms with Gasteiger partial charge in [-0.1, -0.05) is 119 Å². The fourth-order valence-electron chi connectivity index (χ4n) is 4.21. The summed E-state index contributed by atoms with van der Waals surface area (Å²) in [7, 11) is -3.60. The van der Waals surface area contributed by atoms with E-state index in [2.05, 4.69) is 6.92 Å². The molecule has 0 spiro atoms. The first kappa shape index (κ1) is 27.9. The Kier molecular flexibility index (Phi) is 10.6. The maximum atomic E-state index is 15.1. The molecule has 0 fully saturated rings. The molecule has 0 saturated heterocycles. The van der Waals surface area contributed by atoms with E-state index < -0.39 is 31.9 Å². The van der Waals surface area contributed by atoms with Crippen molar-refractivity contribution < 1.29 is 26.4 Å². The molecule has 7 heteroatoms. The number of halogens is 4. The van der Waals surface area contributed by atoms with Gasteiger partial charge in [0, 0.05) is 17.0 Å². The molecule has 36 heavy (non-hydrogen) atoms. The van der Waals surface area contributed by atoms with Crippen molar-refractivity contribution in [3.63, 3.8) is 0 Å². The van der Waals surface area contributed by atoms with Crippen molar-refractivity contribution >= 4 is 18.9 Å². The zero-order valence-corrected chi connectivity index (χ0v) is 21.7. The van der Waals surface area contributed by atoms with E-state index in [1.165, 1.54) is 38.2 Å². The fraction of sp³-hybridized carbons (Fsp3) is 0.379. The van der Waals surface area contributed by atoms with E-state index in [1.54, 1.807) is 0 Å². The van der Waals surface area contributed by atoms with Crippen molar-refractivity contribution in [2.24, 2.45) is 0 Å². The lowest BCUT2D eigenvalue weighted by Crippen LogP contribution is -2.66. The monoisotopic (exact) mass is 518 g/mol. The van der Waals surface area contributed by atoms with Crippen molar-refractivity contribution in [1.82, 2.24) is 0 Å². The lowest BCUT2D eigenvalue weighted by Gasteiger charge is -2.32. The van der Waals surface area contributed by atoms with E-state index in [1.807, 2.05) is 60.7 Å². The largest absolute Gasteiger partial charge is 0.511 e. The second kappa shape index (κ2) is 13.6. The molecule has 0 heterocycles. The normalized spacial score (nSPS) is 12.0. The highest BCUT2D eigenvalue weighted by atomic mass is 28.4. The highest BCUT2D eigenvalue weighted by Crippen LogP contribution is 2.35. The Balaban J connectivity index is 1.88. The van der Waals surface area contributed by atoms with Gasteiger partial charge in [-0.2, -0.15) is 13.2 Å². The first-order chi connectivity index (χ1) is 17.4. The van der Waals surface area contributed by atoms with Crippen molar-refractivity contribution in [2.45, 2.75) is 64.5 Å². The van der Waals surface area contributed by atoms with E-state index in [-0.39, 0.29) is 0 Å². The maximum Gasteiger partial charge on any atom is 0.468 e. The second-order valence-corrected chi connectivity index (χ2v) is 11.8. The van der Waals surface area contributed by atoms with Gasteiger partial charge >= 0.3 is 14.7 Å². The molecule has 0 N–H and O–H groups in total. The highest BCUT2D eigenvalue weighted by Gasteiger charge is 2.46. The molecule has 3 rings (SSSR count). The summed E-state index contributed by atoms with van der Waals surface area (Å²) in [5.74, 6) is -1.88. The summed E-state index contributed by atoms with van der Waals surface area (Å²) in [4.78, 5) is 0. The van der Waals surface area contributed by atoms with Crippen LogP contribution in [-0.2, 0) is 10.6 Å². The molecule has 0 aliphatic rings. The van der Waals surface area contributed by atoms with Crippen LogP contribution < -0.4 is 14.8 Å². The Morgan fingerprint density at radius 1 is 0.667 bits per heavy atom. The molecule has 0 bridgehead atoms. The van der Waals surface area contributed by atoms with Crippen LogP contribution in [-0.4, -0.2) is 15.2 Å². The minimum atomic E-state index is -4.83. The summed E-state index contributed by atoms with van der Waals surface area (Å²) in [6, 6.07) is 21.4. The predicted octanol–water partition coefficient (Wildman–Crippen LogP) is 7.64. The van der Waals surface area contributed by atoms with Crippen molar-refractivity contribution in [1.29, 1.82) is 0 Å². The van der Waals surface area contributed by atoms with Crippen LogP contribution in [0.3, 0.4) is 0 Å². The van der Waals surface area contributed by atoms with E-state index in [0.717, 1.165) is 31.4 Å². The summed E-state index contributed by atoms with van der Waals surface area (Å²) < 4.78 is 68.1. The number of alkyl halides is 3. The molecule has 0 saturated carbocycles. The van der Waals surface area contributed by atoms with Crippen LogP contribution in [0.4, 0.5) is 17.6 Å². The zero-order valence-electron chi connectivity index (χ0n) is 20.7. The van der Waals surface area contributed by atoms with E-state index >= 15 is 4.39 Å². The maximum absolute atomic E-state index is 15.1. The first-order valence-corrected chi connectivity index (χ1v) is 14.5. The molecular weight excluding hydrogens is 484 g/mol. The number of unbranched alkanes of at least 4 members (excludes halogenated alkanes) is 7. The van der Waals surface area contributed by atoms with Gasteiger partial charge in [0.15, 0.2) is 5.82 Å². The third kappa shape index (κ3) is 7.43. The Hall–Kier alpha value is -2.64. The van der Waals surface area contributed by atoms with Gasteiger partial charge in [-0.25, -0.2) is 4.39 Å². The quantitative estimate of drug-likeness (QED) is 0.124. The van der Waals surface area contributed by atoms with E-state index in [4.69, 9.17) is 8.85 Å². The first-order valence-electron chi connectivity index (χ1n) is 12.7. The van der Waals surface area contributed by atoms with Gasteiger partial charge in [-0.05, 0) is 18.6 Å². The third-order valence-corrected chi connectivity index (χ3v) is 9.44. The number of hydrogen-bond acceptors (Lipinski definition) is 2. The van der Waals surface area contributed by atoms with E-state index in [9.17, 15) is 13.2 Å². The molecule has 0 aliphatic heterocycles. The minimum Gasteiger partial charge on any atom is -0.511 e. The molecule has 3 aromatic carbocycles. The molecule has 0 amide bonds. The molecule has 3 aromatic rings. The Morgan fingerprint density at radius 3 is 1.72 bits per heavy atom. The zero-order chi connectivity index (χ0) is 25.9. The third-order valence-electron chi connectivity index (χ3n) is 6.13. The molecule has 0 unspecified atom stereocenters. The topological polar surface area (TPSA) is 18.5 Å². The lowest BCUT2D eigenvalue weighted by molar-refractivity contribution is -0.140. The summed E-state index contributed by atoms with van der Waals surface area (Å²) in [6.07, 6.45) is 4.16. The molecule has 0 radical (unpaired) electrons. The van der Waals surface area contributed by atoms with Gasteiger partial charge in [0.2, 0.25) is 0 Å². The van der Waals surface area contributed by atoms with Crippen LogP contribution in [0.25, 0.3) is 0 Å². The van der Waals surface area contributed by atoms with Crippen LogP contribution in [0.5, 0.6) is 5.75 Å². The van der Waals surface area contributed by atoms with Gasteiger partial charge in [0.05, 0.1) is 5.56 Å². The molecule has 0 aromatic heterocycles. The van der Waals surface area contributed by atoms with Gasteiger partial charge in [-0.3, -0.25) is 0 Å². The van der Waals surface area contributed by atoms with Gasteiger partial charge in [0.1, 0.15) is 5.75 Å². The Morgan fingerprint density at radius 2 is 1.19 bits per heavy atom. The molecular formula is C29H34F4O2Si. The van der Waals surface area contributed by atoms with Crippen molar-refractivity contribution in [2.75, 3.05) is 6.61 Å². The Bertz CT molecular complexity index is 1000. The molecule has 194 valence electrons. The van der Waals surface area contributed by atoms with Crippen LogP contribution in [0.1, 0.15) is 63.9 Å². The summed E-state index contributed by atoms with van der Waals surface area (Å²) in [6.45, 7) is 2.56. The van der Waals surface area contributed by atoms with Gasteiger partial charge in [-0.15, -0.1) is 0 Å². The Labute approximate surface area is 212 Å². The van der Waals surface area contributed by atoms with Crippen LogP contribution >= 0.6 is 0 Å². The number of rotatable bonds is 14. The van der Waals surface area contributed by atoms with Crippen LogP contribution in [0.15, 0.2) is 78.9 Å². The SMILES string of the molecule is CCCCCCCCCCO[Si](Oc1cccc(C(F)(F)F)c1F)(c1ccccc1)c1ccccc1. The van der Waals surface area contributed by atoms with Crippen molar-refractivity contribution in [3.8, 4) is 5.75 Å². The lowest BCUT2D eigenvalue weighted by atomic mass is 10.1. The van der Waals surface area contributed by atoms with E-state index in [0.29, 0.717) is 17.0 Å². The van der Waals surface area contributed by atoms with Crippen molar-refractivity contribution in [3.05, 3.63) is 90.2 Å². The summed E-state index contributed by atoms with van der Waals surface area (Å²) in [5, 5.41) is 1.40. The molecule has 2 nitrogen and oxygen atoms in total. The molecule has 0 aliphatic carbocycles. The van der Waals surface area contributed by atoms with Gasteiger partial charge in [0.25, 0.3) is 0 Å².